The molecule has 0 saturated heterocycles. The normalized spacial score (nSPS) is 19.0. The van der Waals surface area contributed by atoms with E-state index in [0.717, 1.165) is 5.56 Å². The van der Waals surface area contributed by atoms with E-state index in [0.29, 0.717) is 21.9 Å². The Hall–Kier alpha value is -2.95. The predicted molar refractivity (Wildman–Crippen MR) is 106 cm³/mol. The third kappa shape index (κ3) is 3.25. The summed E-state index contributed by atoms with van der Waals surface area (Å²) in [6.07, 6.45) is 0.209. The first-order valence-electron chi connectivity index (χ1n) is 8.59. The van der Waals surface area contributed by atoms with Crippen LogP contribution in [0.1, 0.15) is 27.9 Å². The molecule has 3 aromatic rings. The highest BCUT2D eigenvalue weighted by atomic mass is 35.5. The topological polar surface area (TPSA) is 52.9 Å². The molecule has 1 atom stereocenters. The first kappa shape index (κ1) is 17.5. The van der Waals surface area contributed by atoms with Gasteiger partial charge in [-0.05, 0) is 29.8 Å². The molecule has 4 nitrogen and oxygen atoms in total. The van der Waals surface area contributed by atoms with Gasteiger partial charge in [0, 0.05) is 22.6 Å². The number of nitrogens with zero attached hydrogens (tertiary/aromatic N) is 2. The van der Waals surface area contributed by atoms with Crippen molar-refractivity contribution in [2.45, 2.75) is 12.1 Å². The average Bonchev–Trinajstić information content (AvgIpc) is 3.08. The number of carbonyl (C=O) groups excluding carboxylic acids is 1. The number of amides is 1. The molecular formula is C22H17ClN2O2. The second-order valence-corrected chi connectivity index (χ2v) is 6.83. The molecule has 1 aliphatic rings. The number of hydrogen-bond donors (Lipinski definition) is 1. The van der Waals surface area contributed by atoms with Crippen LogP contribution in [0.5, 0.6) is 0 Å². The van der Waals surface area contributed by atoms with Crippen LogP contribution in [0.2, 0.25) is 5.02 Å². The Morgan fingerprint density at radius 2 is 1.52 bits per heavy atom. The van der Waals surface area contributed by atoms with E-state index in [1.165, 1.54) is 5.01 Å². The Morgan fingerprint density at radius 3 is 2.15 bits per heavy atom. The summed E-state index contributed by atoms with van der Waals surface area (Å²) in [6.45, 7) is 0. The minimum Gasteiger partial charge on any atom is -0.365 e. The summed E-state index contributed by atoms with van der Waals surface area (Å²) >= 11 is 5.93. The fourth-order valence-corrected chi connectivity index (χ4v) is 3.32. The maximum Gasteiger partial charge on any atom is 0.276 e. The lowest BCUT2D eigenvalue weighted by Gasteiger charge is -2.31. The molecule has 0 spiro atoms. The Bertz CT molecular complexity index is 988. The van der Waals surface area contributed by atoms with Crippen molar-refractivity contribution in [3.05, 3.63) is 107 Å². The second-order valence-electron chi connectivity index (χ2n) is 6.40. The number of benzene rings is 3. The number of halogens is 1. The molecule has 27 heavy (non-hydrogen) atoms. The quantitative estimate of drug-likeness (QED) is 0.734. The van der Waals surface area contributed by atoms with E-state index in [1.807, 2.05) is 48.5 Å². The Balaban J connectivity index is 1.79. The lowest BCUT2D eigenvalue weighted by Crippen LogP contribution is -2.43. The molecule has 134 valence electrons. The Morgan fingerprint density at radius 1 is 0.926 bits per heavy atom. The van der Waals surface area contributed by atoms with E-state index < -0.39 is 5.72 Å². The van der Waals surface area contributed by atoms with E-state index in [-0.39, 0.29) is 12.3 Å². The molecule has 4 rings (SSSR count). The summed E-state index contributed by atoms with van der Waals surface area (Å²) in [7, 11) is 0. The van der Waals surface area contributed by atoms with Crippen LogP contribution >= 0.6 is 11.6 Å². The third-order valence-corrected chi connectivity index (χ3v) is 4.86. The van der Waals surface area contributed by atoms with Gasteiger partial charge in [-0.2, -0.15) is 10.1 Å². The largest absolute Gasteiger partial charge is 0.365 e. The van der Waals surface area contributed by atoms with Gasteiger partial charge in [0.05, 0.1) is 5.71 Å². The summed E-state index contributed by atoms with van der Waals surface area (Å²) < 4.78 is 0. The molecule has 0 saturated carbocycles. The first-order chi connectivity index (χ1) is 13.1. The van der Waals surface area contributed by atoms with Crippen molar-refractivity contribution in [2.24, 2.45) is 5.10 Å². The van der Waals surface area contributed by atoms with Crippen LogP contribution in [0.3, 0.4) is 0 Å². The lowest BCUT2D eigenvalue weighted by molar-refractivity contribution is -0.0765. The van der Waals surface area contributed by atoms with Crippen molar-refractivity contribution in [3.63, 3.8) is 0 Å². The Kier molecular flexibility index (Phi) is 4.52. The highest BCUT2D eigenvalue weighted by Gasteiger charge is 2.46. The summed E-state index contributed by atoms with van der Waals surface area (Å²) in [5.41, 5.74) is 1.000. The van der Waals surface area contributed by atoms with Gasteiger partial charge in [-0.15, -0.1) is 0 Å². The van der Waals surface area contributed by atoms with Gasteiger partial charge in [0.15, 0.2) is 5.72 Å². The van der Waals surface area contributed by atoms with Crippen LogP contribution < -0.4 is 0 Å². The predicted octanol–water partition coefficient (Wildman–Crippen LogP) is 4.44. The van der Waals surface area contributed by atoms with Crippen LogP contribution in [0, 0.1) is 0 Å². The molecule has 0 fully saturated rings. The van der Waals surface area contributed by atoms with E-state index in [4.69, 9.17) is 11.6 Å². The van der Waals surface area contributed by atoms with Crippen molar-refractivity contribution in [1.29, 1.82) is 0 Å². The molecule has 0 aromatic heterocycles. The smallest absolute Gasteiger partial charge is 0.276 e. The van der Waals surface area contributed by atoms with Gasteiger partial charge in [0.2, 0.25) is 0 Å². The minimum absolute atomic E-state index is 0.209. The second kappa shape index (κ2) is 6.99. The maximum atomic E-state index is 13.1. The van der Waals surface area contributed by atoms with E-state index in [2.05, 4.69) is 5.10 Å². The number of aliphatic hydroxyl groups is 1. The highest BCUT2D eigenvalue weighted by molar-refractivity contribution is 6.30. The van der Waals surface area contributed by atoms with Gasteiger partial charge in [-0.3, -0.25) is 4.79 Å². The molecule has 5 heteroatoms. The first-order valence-corrected chi connectivity index (χ1v) is 8.97. The number of hydrogen-bond acceptors (Lipinski definition) is 3. The van der Waals surface area contributed by atoms with E-state index in [9.17, 15) is 9.90 Å². The molecule has 0 aliphatic carbocycles. The monoisotopic (exact) mass is 376 g/mol. The fourth-order valence-electron chi connectivity index (χ4n) is 3.20. The van der Waals surface area contributed by atoms with Crippen molar-refractivity contribution in [3.8, 4) is 0 Å². The molecule has 1 unspecified atom stereocenters. The van der Waals surface area contributed by atoms with Crippen molar-refractivity contribution in [1.82, 2.24) is 5.01 Å². The summed E-state index contributed by atoms with van der Waals surface area (Å²) in [5.74, 6) is -0.385. The van der Waals surface area contributed by atoms with Crippen molar-refractivity contribution < 1.29 is 9.90 Å². The molecule has 3 aromatic carbocycles. The minimum atomic E-state index is -1.55. The van der Waals surface area contributed by atoms with Gasteiger partial charge >= 0.3 is 0 Å². The van der Waals surface area contributed by atoms with Crippen molar-refractivity contribution >= 4 is 23.2 Å². The van der Waals surface area contributed by atoms with Crippen LogP contribution in [0.4, 0.5) is 0 Å². The van der Waals surface area contributed by atoms with Gasteiger partial charge in [0.1, 0.15) is 0 Å². The van der Waals surface area contributed by atoms with Gasteiger partial charge in [-0.1, -0.05) is 72.3 Å². The zero-order valence-corrected chi connectivity index (χ0v) is 15.2. The van der Waals surface area contributed by atoms with Crippen LogP contribution in [-0.4, -0.2) is 21.7 Å². The summed E-state index contributed by atoms with van der Waals surface area (Å²) in [6, 6.07) is 25.2. The number of hydrazone groups is 1. The third-order valence-electron chi connectivity index (χ3n) is 4.61. The van der Waals surface area contributed by atoms with Gasteiger partial charge in [0.25, 0.3) is 5.91 Å². The fraction of sp³-hybridized carbons (Fsp3) is 0.0909. The standard InChI is InChI=1S/C22H17ClN2O2/c23-19-13-11-17(12-14-19)21(26)25-22(27,18-9-5-2-6-10-18)15-20(24-25)16-7-3-1-4-8-16/h1-14,27H,15H2. The zero-order chi connectivity index (χ0) is 18.9. The summed E-state index contributed by atoms with van der Waals surface area (Å²) in [4.78, 5) is 13.1. The molecule has 0 radical (unpaired) electrons. The molecule has 0 bridgehead atoms. The molecule has 1 amide bonds. The number of rotatable bonds is 3. The molecule has 1 heterocycles. The number of carbonyl (C=O) groups is 1. The zero-order valence-electron chi connectivity index (χ0n) is 14.4. The SMILES string of the molecule is O=C(c1ccc(Cl)cc1)N1N=C(c2ccccc2)CC1(O)c1ccccc1. The van der Waals surface area contributed by atoms with Gasteiger partial charge < -0.3 is 5.11 Å². The van der Waals surface area contributed by atoms with Crippen LogP contribution in [-0.2, 0) is 5.72 Å². The lowest BCUT2D eigenvalue weighted by atomic mass is 9.94. The Labute approximate surface area is 162 Å². The van der Waals surface area contributed by atoms with Crippen LogP contribution in [0.15, 0.2) is 90.0 Å². The highest BCUT2D eigenvalue weighted by Crippen LogP contribution is 2.37. The van der Waals surface area contributed by atoms with Crippen molar-refractivity contribution in [2.75, 3.05) is 0 Å². The van der Waals surface area contributed by atoms with E-state index >= 15 is 0 Å². The molecule has 1 N–H and O–H groups in total. The van der Waals surface area contributed by atoms with E-state index in [1.54, 1.807) is 36.4 Å². The maximum absolute atomic E-state index is 13.1. The van der Waals surface area contributed by atoms with Gasteiger partial charge in [-0.25, -0.2) is 0 Å². The molecular weight excluding hydrogens is 360 g/mol. The summed E-state index contributed by atoms with van der Waals surface area (Å²) in [5, 5.41) is 17.7. The molecule has 1 aliphatic heterocycles. The van der Waals surface area contributed by atoms with Crippen LogP contribution in [0.25, 0.3) is 0 Å². The average molecular weight is 377 g/mol.